The number of nitrogens with zero attached hydrogens (tertiary/aromatic N) is 1. The summed E-state index contributed by atoms with van der Waals surface area (Å²) >= 11 is 0. The van der Waals surface area contributed by atoms with Crippen molar-refractivity contribution in [3.05, 3.63) is 23.8 Å². The Morgan fingerprint density at radius 2 is 1.94 bits per heavy atom. The van der Waals surface area contributed by atoms with E-state index in [0.717, 1.165) is 5.56 Å². The largest absolute Gasteiger partial charge is 0.397 e. The number of nitrogens with two attached hydrogens (primary N) is 1. The molecule has 90 valence electrons. The molecule has 0 bridgehead atoms. The van der Waals surface area contributed by atoms with Crippen LogP contribution in [0.15, 0.2) is 18.2 Å². The van der Waals surface area contributed by atoms with Crippen LogP contribution in [0.5, 0.6) is 0 Å². The number of halogens is 3. The van der Waals surface area contributed by atoms with E-state index in [-0.39, 0.29) is 6.54 Å². The Balaban J connectivity index is 2.70. The highest BCUT2D eigenvalue weighted by Gasteiger charge is 2.27. The maximum absolute atomic E-state index is 12.0. The molecule has 0 saturated carbocycles. The summed E-state index contributed by atoms with van der Waals surface area (Å²) in [6.45, 7) is 1.80. The fraction of sp³-hybridized carbons (Fsp3) is 0.455. The van der Waals surface area contributed by atoms with Gasteiger partial charge in [-0.15, -0.1) is 0 Å². The molecule has 0 heterocycles. The molecule has 0 aliphatic heterocycles. The summed E-state index contributed by atoms with van der Waals surface area (Å²) in [6, 6.07) is 5.32. The van der Waals surface area contributed by atoms with Crippen molar-refractivity contribution in [3.8, 4) is 0 Å². The summed E-state index contributed by atoms with van der Waals surface area (Å²) in [5, 5.41) is 0. The van der Waals surface area contributed by atoms with Gasteiger partial charge in [-0.05, 0) is 24.6 Å². The second-order valence-electron chi connectivity index (χ2n) is 3.85. The monoisotopic (exact) mass is 232 g/mol. The van der Waals surface area contributed by atoms with E-state index in [2.05, 4.69) is 0 Å². The van der Waals surface area contributed by atoms with Crippen LogP contribution >= 0.6 is 0 Å². The smallest absolute Gasteiger partial charge is 0.390 e. The lowest BCUT2D eigenvalue weighted by Gasteiger charge is -2.22. The average Bonchev–Trinajstić information content (AvgIpc) is 2.13. The van der Waals surface area contributed by atoms with Crippen LogP contribution < -0.4 is 10.6 Å². The van der Waals surface area contributed by atoms with Gasteiger partial charge in [-0.2, -0.15) is 13.2 Å². The zero-order valence-electron chi connectivity index (χ0n) is 9.30. The van der Waals surface area contributed by atoms with E-state index in [1.807, 2.05) is 13.0 Å². The van der Waals surface area contributed by atoms with Crippen molar-refractivity contribution in [2.24, 2.45) is 0 Å². The summed E-state index contributed by atoms with van der Waals surface area (Å²) in [5.41, 5.74) is 7.87. The summed E-state index contributed by atoms with van der Waals surface area (Å²) in [7, 11) is 1.60. The number of nitrogen functional groups attached to an aromatic ring is 1. The summed E-state index contributed by atoms with van der Waals surface area (Å²) in [5.74, 6) is 0. The molecule has 2 nitrogen and oxygen atoms in total. The molecule has 0 radical (unpaired) electrons. The first-order valence-corrected chi connectivity index (χ1v) is 4.93. The van der Waals surface area contributed by atoms with Crippen molar-refractivity contribution in [3.63, 3.8) is 0 Å². The predicted molar refractivity (Wildman–Crippen MR) is 59.5 cm³/mol. The second kappa shape index (κ2) is 4.63. The molecule has 1 aromatic rings. The molecular formula is C11H15F3N2. The van der Waals surface area contributed by atoms with Crippen LogP contribution in [0.2, 0.25) is 0 Å². The number of anilines is 2. The van der Waals surface area contributed by atoms with Crippen molar-refractivity contribution in [2.75, 3.05) is 24.2 Å². The highest BCUT2D eigenvalue weighted by molar-refractivity contribution is 5.68. The Hall–Kier alpha value is -1.39. The molecule has 16 heavy (non-hydrogen) atoms. The summed E-state index contributed by atoms with van der Waals surface area (Å²) in [4.78, 5) is 1.52. The minimum atomic E-state index is -4.13. The number of hydrogen-bond donors (Lipinski definition) is 1. The van der Waals surface area contributed by atoms with Gasteiger partial charge in [0.15, 0.2) is 0 Å². The number of rotatable bonds is 3. The molecule has 0 aromatic heterocycles. The van der Waals surface area contributed by atoms with Crippen molar-refractivity contribution in [1.29, 1.82) is 0 Å². The third-order valence-corrected chi connectivity index (χ3v) is 2.32. The van der Waals surface area contributed by atoms with Crippen LogP contribution in [0.4, 0.5) is 24.5 Å². The first-order chi connectivity index (χ1) is 7.29. The SMILES string of the molecule is Cc1ccc(N(C)CCC(F)(F)F)c(N)c1. The first kappa shape index (κ1) is 12.7. The highest BCUT2D eigenvalue weighted by Crippen LogP contribution is 2.25. The van der Waals surface area contributed by atoms with Gasteiger partial charge in [0.05, 0.1) is 17.8 Å². The van der Waals surface area contributed by atoms with E-state index in [1.165, 1.54) is 4.90 Å². The van der Waals surface area contributed by atoms with Gasteiger partial charge < -0.3 is 10.6 Å². The molecule has 0 spiro atoms. The number of hydrogen-bond acceptors (Lipinski definition) is 2. The Morgan fingerprint density at radius 1 is 1.31 bits per heavy atom. The van der Waals surface area contributed by atoms with Gasteiger partial charge in [0, 0.05) is 13.6 Å². The minimum absolute atomic E-state index is 0.0865. The lowest BCUT2D eigenvalue weighted by Crippen LogP contribution is -2.24. The Morgan fingerprint density at radius 3 is 2.44 bits per heavy atom. The van der Waals surface area contributed by atoms with E-state index in [9.17, 15) is 13.2 Å². The van der Waals surface area contributed by atoms with Crippen molar-refractivity contribution in [2.45, 2.75) is 19.5 Å². The topological polar surface area (TPSA) is 29.3 Å². The molecule has 0 amide bonds. The average molecular weight is 232 g/mol. The standard InChI is InChI=1S/C11H15F3N2/c1-8-3-4-10(9(15)7-8)16(2)6-5-11(12,13)14/h3-4,7H,5-6,15H2,1-2H3. The van der Waals surface area contributed by atoms with Crippen molar-refractivity contribution < 1.29 is 13.2 Å². The van der Waals surface area contributed by atoms with E-state index < -0.39 is 12.6 Å². The lowest BCUT2D eigenvalue weighted by molar-refractivity contribution is -0.132. The molecule has 2 N–H and O–H groups in total. The Kier molecular flexibility index (Phi) is 3.67. The minimum Gasteiger partial charge on any atom is -0.397 e. The second-order valence-corrected chi connectivity index (χ2v) is 3.85. The fourth-order valence-corrected chi connectivity index (χ4v) is 1.44. The maximum atomic E-state index is 12.0. The zero-order chi connectivity index (χ0) is 12.3. The predicted octanol–water partition coefficient (Wildman–Crippen LogP) is 2.97. The fourth-order valence-electron chi connectivity index (χ4n) is 1.44. The van der Waals surface area contributed by atoms with Gasteiger partial charge in [0.1, 0.15) is 0 Å². The van der Waals surface area contributed by atoms with Crippen molar-refractivity contribution in [1.82, 2.24) is 0 Å². The molecule has 0 aliphatic rings. The van der Waals surface area contributed by atoms with Gasteiger partial charge in [0.25, 0.3) is 0 Å². The van der Waals surface area contributed by atoms with Crippen LogP contribution in [-0.4, -0.2) is 19.8 Å². The third kappa shape index (κ3) is 3.64. The summed E-state index contributed by atoms with van der Waals surface area (Å²) < 4.78 is 36.1. The number of alkyl halides is 3. The molecule has 0 fully saturated rings. The van der Waals surface area contributed by atoms with Crippen LogP contribution in [-0.2, 0) is 0 Å². The van der Waals surface area contributed by atoms with Gasteiger partial charge in [0.2, 0.25) is 0 Å². The molecule has 1 aromatic carbocycles. The number of benzene rings is 1. The normalized spacial score (nSPS) is 11.6. The molecule has 5 heteroatoms. The molecular weight excluding hydrogens is 217 g/mol. The van der Waals surface area contributed by atoms with Gasteiger partial charge >= 0.3 is 6.18 Å². The molecule has 0 unspecified atom stereocenters. The zero-order valence-corrected chi connectivity index (χ0v) is 9.30. The maximum Gasteiger partial charge on any atom is 0.390 e. The van der Waals surface area contributed by atoms with Crippen molar-refractivity contribution >= 4 is 11.4 Å². The first-order valence-electron chi connectivity index (χ1n) is 4.93. The molecule has 1 rings (SSSR count). The third-order valence-electron chi connectivity index (χ3n) is 2.32. The molecule has 0 saturated heterocycles. The van der Waals surface area contributed by atoms with Gasteiger partial charge in [-0.1, -0.05) is 6.07 Å². The Bertz CT molecular complexity index is 361. The van der Waals surface area contributed by atoms with Crippen LogP contribution in [0.1, 0.15) is 12.0 Å². The van der Waals surface area contributed by atoms with Gasteiger partial charge in [-0.25, -0.2) is 0 Å². The lowest BCUT2D eigenvalue weighted by atomic mass is 10.2. The van der Waals surface area contributed by atoms with Crippen LogP contribution in [0, 0.1) is 6.92 Å². The van der Waals surface area contributed by atoms with E-state index in [1.54, 1.807) is 19.2 Å². The van der Waals surface area contributed by atoms with E-state index >= 15 is 0 Å². The van der Waals surface area contributed by atoms with Gasteiger partial charge in [-0.3, -0.25) is 0 Å². The van der Waals surface area contributed by atoms with Crippen LogP contribution in [0.25, 0.3) is 0 Å². The molecule has 0 atom stereocenters. The van der Waals surface area contributed by atoms with Crippen LogP contribution in [0.3, 0.4) is 0 Å². The molecule has 0 aliphatic carbocycles. The number of aryl methyl sites for hydroxylation is 1. The summed E-state index contributed by atoms with van der Waals surface area (Å²) in [6.07, 6.45) is -4.97. The highest BCUT2D eigenvalue weighted by atomic mass is 19.4. The quantitative estimate of drug-likeness (QED) is 0.812. The Labute approximate surface area is 92.9 Å². The van der Waals surface area contributed by atoms with E-state index in [4.69, 9.17) is 5.73 Å². The van der Waals surface area contributed by atoms with E-state index in [0.29, 0.717) is 11.4 Å².